The predicted molar refractivity (Wildman–Crippen MR) is 93.2 cm³/mol. The molecular weight excluding hydrogens is 335 g/mol. The topological polar surface area (TPSA) is 60.2 Å². The first-order valence-electron chi connectivity index (χ1n) is 9.32. The van der Waals surface area contributed by atoms with E-state index in [0.29, 0.717) is 12.3 Å². The number of ether oxygens (including phenoxy) is 1. The standard InChI is InChI=1S/C19H23FN4O2/c20-14-7-9-15(10-8-14)26-13-18(25)23-12-4-5-16(23)19-22-21-17-6-2-1-3-11-24(17)19/h7-10,16H,1-6,11-13H2/t16-/m0/s1. The molecule has 1 saturated heterocycles. The van der Waals surface area contributed by atoms with Crippen LogP contribution in [0.3, 0.4) is 0 Å². The molecule has 0 unspecified atom stereocenters. The van der Waals surface area contributed by atoms with E-state index in [9.17, 15) is 9.18 Å². The van der Waals surface area contributed by atoms with Gasteiger partial charge in [-0.25, -0.2) is 4.39 Å². The minimum atomic E-state index is -0.323. The highest BCUT2D eigenvalue weighted by molar-refractivity contribution is 5.78. The van der Waals surface area contributed by atoms with Crippen molar-refractivity contribution in [3.8, 4) is 5.75 Å². The molecule has 7 heteroatoms. The molecule has 1 fully saturated rings. The van der Waals surface area contributed by atoms with Crippen LogP contribution in [-0.4, -0.2) is 38.7 Å². The highest BCUT2D eigenvalue weighted by Crippen LogP contribution is 2.32. The van der Waals surface area contributed by atoms with E-state index >= 15 is 0 Å². The summed E-state index contributed by atoms with van der Waals surface area (Å²) < 4.78 is 20.7. The van der Waals surface area contributed by atoms with Crippen LogP contribution in [0.25, 0.3) is 0 Å². The molecule has 0 bridgehead atoms. The van der Waals surface area contributed by atoms with Gasteiger partial charge in [0.1, 0.15) is 17.4 Å². The van der Waals surface area contributed by atoms with E-state index < -0.39 is 0 Å². The van der Waals surface area contributed by atoms with Gasteiger partial charge in [0.15, 0.2) is 12.4 Å². The fraction of sp³-hybridized carbons (Fsp3) is 0.526. The third-order valence-electron chi connectivity index (χ3n) is 5.19. The van der Waals surface area contributed by atoms with Crippen molar-refractivity contribution < 1.29 is 13.9 Å². The van der Waals surface area contributed by atoms with E-state index in [1.807, 2.05) is 4.90 Å². The molecule has 1 amide bonds. The normalized spacial score (nSPS) is 19.9. The molecular formula is C19H23FN4O2. The van der Waals surface area contributed by atoms with Crippen molar-refractivity contribution in [2.75, 3.05) is 13.2 Å². The number of carbonyl (C=O) groups excluding carboxylic acids is 1. The maximum atomic E-state index is 13.0. The number of benzene rings is 1. The number of carbonyl (C=O) groups is 1. The molecule has 3 heterocycles. The Morgan fingerprint density at radius 1 is 1.12 bits per heavy atom. The van der Waals surface area contributed by atoms with Gasteiger partial charge >= 0.3 is 0 Å². The van der Waals surface area contributed by atoms with Crippen molar-refractivity contribution in [3.63, 3.8) is 0 Å². The summed E-state index contributed by atoms with van der Waals surface area (Å²) in [6, 6.07) is 5.68. The Kier molecular flexibility index (Phi) is 4.86. The highest BCUT2D eigenvalue weighted by Gasteiger charge is 2.34. The molecule has 0 radical (unpaired) electrons. The Balaban J connectivity index is 1.45. The van der Waals surface area contributed by atoms with Crippen LogP contribution in [0, 0.1) is 5.82 Å². The average molecular weight is 358 g/mol. The van der Waals surface area contributed by atoms with Crippen LogP contribution >= 0.6 is 0 Å². The number of amides is 1. The Morgan fingerprint density at radius 2 is 1.96 bits per heavy atom. The van der Waals surface area contributed by atoms with Gasteiger partial charge in [-0.1, -0.05) is 6.42 Å². The van der Waals surface area contributed by atoms with Crippen LogP contribution < -0.4 is 4.74 Å². The fourth-order valence-electron chi connectivity index (χ4n) is 3.85. The van der Waals surface area contributed by atoms with E-state index in [1.165, 1.54) is 30.7 Å². The lowest BCUT2D eigenvalue weighted by Gasteiger charge is -2.24. The third-order valence-corrected chi connectivity index (χ3v) is 5.19. The van der Waals surface area contributed by atoms with Gasteiger partial charge in [0.2, 0.25) is 0 Å². The first-order valence-corrected chi connectivity index (χ1v) is 9.32. The van der Waals surface area contributed by atoms with E-state index in [4.69, 9.17) is 4.74 Å². The highest BCUT2D eigenvalue weighted by atomic mass is 19.1. The minimum absolute atomic E-state index is 0.0290. The minimum Gasteiger partial charge on any atom is -0.484 e. The summed E-state index contributed by atoms with van der Waals surface area (Å²) in [6.07, 6.45) is 6.31. The molecule has 2 aromatic rings. The van der Waals surface area contributed by atoms with Gasteiger partial charge in [0, 0.05) is 19.5 Å². The Bertz CT molecular complexity index is 774. The Morgan fingerprint density at radius 3 is 2.81 bits per heavy atom. The largest absolute Gasteiger partial charge is 0.484 e. The summed E-state index contributed by atoms with van der Waals surface area (Å²) in [5, 5.41) is 8.78. The molecule has 1 atom stereocenters. The van der Waals surface area contributed by atoms with Crippen molar-refractivity contribution in [3.05, 3.63) is 41.7 Å². The summed E-state index contributed by atoms with van der Waals surface area (Å²) >= 11 is 0. The number of fused-ring (bicyclic) bond motifs is 1. The van der Waals surface area contributed by atoms with E-state index in [-0.39, 0.29) is 24.4 Å². The van der Waals surface area contributed by atoms with Crippen LogP contribution in [0.1, 0.15) is 49.8 Å². The zero-order chi connectivity index (χ0) is 17.9. The van der Waals surface area contributed by atoms with Gasteiger partial charge in [0.25, 0.3) is 5.91 Å². The molecule has 0 aliphatic carbocycles. The van der Waals surface area contributed by atoms with Crippen molar-refractivity contribution in [2.45, 2.75) is 51.1 Å². The molecule has 6 nitrogen and oxygen atoms in total. The van der Waals surface area contributed by atoms with Gasteiger partial charge in [-0.15, -0.1) is 10.2 Å². The average Bonchev–Trinajstić information content (AvgIpc) is 3.22. The quantitative estimate of drug-likeness (QED) is 0.843. The summed E-state index contributed by atoms with van der Waals surface area (Å²) in [6.45, 7) is 1.59. The Labute approximate surface area is 152 Å². The van der Waals surface area contributed by atoms with E-state index in [2.05, 4.69) is 14.8 Å². The summed E-state index contributed by atoms with van der Waals surface area (Å²) in [7, 11) is 0. The second-order valence-corrected chi connectivity index (χ2v) is 6.92. The lowest BCUT2D eigenvalue weighted by molar-refractivity contribution is -0.134. The molecule has 0 spiro atoms. The van der Waals surface area contributed by atoms with Gasteiger partial charge < -0.3 is 14.2 Å². The first-order chi connectivity index (χ1) is 12.7. The molecule has 138 valence electrons. The third kappa shape index (κ3) is 3.43. The van der Waals surface area contributed by atoms with Crippen molar-refractivity contribution in [1.29, 1.82) is 0 Å². The summed E-state index contributed by atoms with van der Waals surface area (Å²) in [5.41, 5.74) is 0. The van der Waals surface area contributed by atoms with Crippen LogP contribution in [0.5, 0.6) is 5.75 Å². The van der Waals surface area contributed by atoms with Gasteiger partial charge in [-0.2, -0.15) is 0 Å². The first kappa shape index (κ1) is 17.0. The molecule has 0 N–H and O–H groups in total. The molecule has 2 aliphatic heterocycles. The van der Waals surface area contributed by atoms with E-state index in [1.54, 1.807) is 0 Å². The van der Waals surface area contributed by atoms with Crippen molar-refractivity contribution in [1.82, 2.24) is 19.7 Å². The molecule has 26 heavy (non-hydrogen) atoms. The molecule has 1 aromatic heterocycles. The second-order valence-electron chi connectivity index (χ2n) is 6.92. The fourth-order valence-corrected chi connectivity index (χ4v) is 3.85. The summed E-state index contributed by atoms with van der Waals surface area (Å²) in [5.74, 6) is 2.05. The molecule has 2 aliphatic rings. The number of nitrogens with zero attached hydrogens (tertiary/aromatic N) is 4. The van der Waals surface area contributed by atoms with Gasteiger partial charge in [0.05, 0.1) is 6.04 Å². The Hall–Kier alpha value is -2.44. The number of aryl methyl sites for hydroxylation is 1. The lowest BCUT2D eigenvalue weighted by Crippen LogP contribution is -2.35. The number of hydrogen-bond donors (Lipinski definition) is 0. The lowest BCUT2D eigenvalue weighted by atomic mass is 10.2. The number of hydrogen-bond acceptors (Lipinski definition) is 4. The zero-order valence-corrected chi connectivity index (χ0v) is 14.7. The molecule has 4 rings (SSSR count). The van der Waals surface area contributed by atoms with Crippen LogP contribution in [0.2, 0.25) is 0 Å². The van der Waals surface area contributed by atoms with Crippen LogP contribution in [0.4, 0.5) is 4.39 Å². The van der Waals surface area contributed by atoms with Crippen molar-refractivity contribution in [2.24, 2.45) is 0 Å². The maximum Gasteiger partial charge on any atom is 0.261 e. The number of likely N-dealkylation sites (tertiary alicyclic amines) is 1. The van der Waals surface area contributed by atoms with Gasteiger partial charge in [-0.3, -0.25) is 4.79 Å². The zero-order valence-electron chi connectivity index (χ0n) is 14.7. The molecule has 1 aromatic carbocycles. The van der Waals surface area contributed by atoms with Crippen LogP contribution in [-0.2, 0) is 17.8 Å². The molecule has 0 saturated carbocycles. The van der Waals surface area contributed by atoms with Crippen LogP contribution in [0.15, 0.2) is 24.3 Å². The number of halogens is 1. The van der Waals surface area contributed by atoms with Gasteiger partial charge in [-0.05, 0) is 49.9 Å². The smallest absolute Gasteiger partial charge is 0.261 e. The SMILES string of the molecule is O=C(COc1ccc(F)cc1)N1CCC[C@H]1c1nnc2n1CCCCC2. The number of rotatable bonds is 4. The van der Waals surface area contributed by atoms with E-state index in [0.717, 1.165) is 50.3 Å². The second kappa shape index (κ2) is 7.43. The number of aromatic nitrogens is 3. The predicted octanol–water partition coefficient (Wildman–Crippen LogP) is 2.89. The monoisotopic (exact) mass is 358 g/mol. The maximum absolute atomic E-state index is 13.0. The summed E-state index contributed by atoms with van der Waals surface area (Å²) in [4.78, 5) is 14.5. The van der Waals surface area contributed by atoms with Crippen molar-refractivity contribution >= 4 is 5.91 Å².